The van der Waals surface area contributed by atoms with E-state index in [9.17, 15) is 4.79 Å². The summed E-state index contributed by atoms with van der Waals surface area (Å²) in [5, 5.41) is 2.84. The molecule has 0 aromatic heterocycles. The number of hydrogen-bond donors (Lipinski definition) is 1. The number of rotatable bonds is 1. The van der Waals surface area contributed by atoms with E-state index in [1.165, 1.54) is 29.2 Å². The highest BCUT2D eigenvalue weighted by atomic mass is 79.9. The molecule has 0 bridgehead atoms. The lowest BCUT2D eigenvalue weighted by atomic mass is 10.1. The molecule has 2 nitrogen and oxygen atoms in total. The van der Waals surface area contributed by atoms with Gasteiger partial charge in [0.1, 0.15) is 0 Å². The molecule has 3 heteroatoms. The summed E-state index contributed by atoms with van der Waals surface area (Å²) in [5.41, 5.74) is 6.01. The van der Waals surface area contributed by atoms with Gasteiger partial charge in [0.05, 0.1) is 5.69 Å². The fourth-order valence-corrected chi connectivity index (χ4v) is 2.89. The molecular formula is C15H12BrNO. The molecule has 0 unspecified atom stereocenters. The number of fused-ring (bicyclic) bond motifs is 3. The molecular weight excluding hydrogens is 290 g/mol. The summed E-state index contributed by atoms with van der Waals surface area (Å²) in [7, 11) is 0. The molecule has 1 aliphatic carbocycles. The number of nitrogens with one attached hydrogen (secondary N) is 1. The van der Waals surface area contributed by atoms with Crippen LogP contribution in [-0.2, 0) is 11.2 Å². The third-order valence-electron chi connectivity index (χ3n) is 3.19. The van der Waals surface area contributed by atoms with Crippen LogP contribution >= 0.6 is 15.9 Å². The molecule has 2 aromatic rings. The van der Waals surface area contributed by atoms with Crippen molar-refractivity contribution in [1.82, 2.24) is 0 Å². The zero-order valence-corrected chi connectivity index (χ0v) is 11.5. The van der Waals surface area contributed by atoms with Crippen molar-refractivity contribution in [3.8, 4) is 11.1 Å². The van der Waals surface area contributed by atoms with Crippen LogP contribution in [0.1, 0.15) is 18.1 Å². The fraction of sp³-hybridized carbons (Fsp3) is 0.133. The molecule has 0 saturated heterocycles. The predicted octanol–water partition coefficient (Wildman–Crippen LogP) is 3.98. The van der Waals surface area contributed by atoms with Crippen LogP contribution in [0.3, 0.4) is 0 Å². The first-order valence-corrected chi connectivity index (χ1v) is 6.63. The second-order valence-corrected chi connectivity index (χ2v) is 5.36. The second kappa shape index (κ2) is 4.25. The number of hydrogen-bond acceptors (Lipinski definition) is 1. The number of anilines is 1. The van der Waals surface area contributed by atoms with Crippen LogP contribution in [0.2, 0.25) is 0 Å². The summed E-state index contributed by atoms with van der Waals surface area (Å²) in [6.07, 6.45) is 0.936. The van der Waals surface area contributed by atoms with Gasteiger partial charge in [0.15, 0.2) is 0 Å². The summed E-state index contributed by atoms with van der Waals surface area (Å²) < 4.78 is 0.924. The van der Waals surface area contributed by atoms with E-state index < -0.39 is 0 Å². The zero-order chi connectivity index (χ0) is 12.7. The Balaban J connectivity index is 2.11. The molecule has 0 fully saturated rings. The molecule has 3 rings (SSSR count). The van der Waals surface area contributed by atoms with Crippen molar-refractivity contribution < 1.29 is 4.79 Å². The van der Waals surface area contributed by atoms with Gasteiger partial charge in [-0.15, -0.1) is 0 Å². The van der Waals surface area contributed by atoms with Crippen molar-refractivity contribution in [2.45, 2.75) is 13.3 Å². The molecule has 0 spiro atoms. The highest BCUT2D eigenvalue weighted by molar-refractivity contribution is 9.10. The minimum atomic E-state index is -0.0499. The Labute approximate surface area is 114 Å². The van der Waals surface area contributed by atoms with Gasteiger partial charge in [-0.25, -0.2) is 0 Å². The first-order chi connectivity index (χ1) is 8.65. The van der Waals surface area contributed by atoms with Crippen LogP contribution < -0.4 is 5.32 Å². The Morgan fingerprint density at radius 3 is 2.72 bits per heavy atom. The molecule has 0 atom stereocenters. The van der Waals surface area contributed by atoms with Gasteiger partial charge in [-0.05, 0) is 56.7 Å². The van der Waals surface area contributed by atoms with E-state index in [-0.39, 0.29) is 5.91 Å². The van der Waals surface area contributed by atoms with E-state index in [0.29, 0.717) is 0 Å². The van der Waals surface area contributed by atoms with Gasteiger partial charge in [-0.1, -0.05) is 24.3 Å². The quantitative estimate of drug-likeness (QED) is 0.724. The number of benzene rings is 2. The van der Waals surface area contributed by atoms with Crippen LogP contribution in [0.4, 0.5) is 5.69 Å². The standard InChI is InChI=1S/C15H12BrNO/c1-9(18)17-15-7-11-6-10-4-2-3-5-12(10)13(11)8-14(15)16/h2-5,7-8H,6H2,1H3,(H,17,18). The van der Waals surface area contributed by atoms with Gasteiger partial charge < -0.3 is 5.32 Å². The van der Waals surface area contributed by atoms with Crippen molar-refractivity contribution in [1.29, 1.82) is 0 Å². The SMILES string of the molecule is CC(=O)Nc1cc2c(cc1Br)-c1ccccc1C2. The largest absolute Gasteiger partial charge is 0.325 e. The molecule has 18 heavy (non-hydrogen) atoms. The highest BCUT2D eigenvalue weighted by Gasteiger charge is 2.19. The Morgan fingerprint density at radius 2 is 1.94 bits per heavy atom. The molecule has 90 valence electrons. The lowest BCUT2D eigenvalue weighted by Gasteiger charge is -2.08. The summed E-state index contributed by atoms with van der Waals surface area (Å²) in [6.45, 7) is 1.52. The summed E-state index contributed by atoms with van der Waals surface area (Å²) >= 11 is 3.52. The first kappa shape index (κ1) is 11.5. The molecule has 0 aliphatic heterocycles. The zero-order valence-electron chi connectivity index (χ0n) is 9.96. The lowest BCUT2D eigenvalue weighted by molar-refractivity contribution is -0.114. The molecule has 0 heterocycles. The van der Waals surface area contributed by atoms with Crippen LogP contribution in [0, 0.1) is 0 Å². The molecule has 0 saturated carbocycles. The minimum Gasteiger partial charge on any atom is -0.325 e. The maximum Gasteiger partial charge on any atom is 0.221 e. The van der Waals surface area contributed by atoms with Gasteiger partial charge in [-0.3, -0.25) is 4.79 Å². The van der Waals surface area contributed by atoms with E-state index in [1.807, 2.05) is 0 Å². The molecule has 0 radical (unpaired) electrons. The normalized spacial score (nSPS) is 11.9. The maximum absolute atomic E-state index is 11.2. The van der Waals surface area contributed by atoms with Crippen LogP contribution in [-0.4, -0.2) is 5.91 Å². The van der Waals surface area contributed by atoms with Gasteiger partial charge in [0, 0.05) is 11.4 Å². The van der Waals surface area contributed by atoms with E-state index in [0.717, 1.165) is 16.6 Å². The average molecular weight is 302 g/mol. The third-order valence-corrected chi connectivity index (χ3v) is 3.85. The monoisotopic (exact) mass is 301 g/mol. The summed E-state index contributed by atoms with van der Waals surface area (Å²) in [5.74, 6) is -0.0499. The average Bonchev–Trinajstić information content (AvgIpc) is 2.67. The molecule has 1 aliphatic rings. The second-order valence-electron chi connectivity index (χ2n) is 4.50. The van der Waals surface area contributed by atoms with Gasteiger partial charge in [-0.2, -0.15) is 0 Å². The Hall–Kier alpha value is -1.61. The van der Waals surface area contributed by atoms with Crippen molar-refractivity contribution in [2.75, 3.05) is 5.32 Å². The van der Waals surface area contributed by atoms with Crippen molar-refractivity contribution in [2.24, 2.45) is 0 Å². The van der Waals surface area contributed by atoms with Crippen LogP contribution in [0.5, 0.6) is 0 Å². The molecule has 1 amide bonds. The predicted molar refractivity (Wildman–Crippen MR) is 76.7 cm³/mol. The van der Waals surface area contributed by atoms with Gasteiger partial charge in [0.2, 0.25) is 5.91 Å². The van der Waals surface area contributed by atoms with Crippen LogP contribution in [0.25, 0.3) is 11.1 Å². The minimum absolute atomic E-state index is 0.0499. The summed E-state index contributed by atoms with van der Waals surface area (Å²) in [4.78, 5) is 11.2. The van der Waals surface area contributed by atoms with Crippen LogP contribution in [0.15, 0.2) is 40.9 Å². The molecule has 2 aromatic carbocycles. The number of carbonyl (C=O) groups excluding carboxylic acids is 1. The third kappa shape index (κ3) is 1.85. The van der Waals surface area contributed by atoms with E-state index in [2.05, 4.69) is 57.6 Å². The lowest BCUT2D eigenvalue weighted by Crippen LogP contribution is -2.06. The van der Waals surface area contributed by atoms with Crippen molar-refractivity contribution in [3.05, 3.63) is 52.0 Å². The van der Waals surface area contributed by atoms with Gasteiger partial charge in [0.25, 0.3) is 0 Å². The number of carbonyl (C=O) groups is 1. The Bertz CT molecular complexity index is 649. The molecule has 1 N–H and O–H groups in total. The van der Waals surface area contributed by atoms with E-state index in [1.54, 1.807) is 0 Å². The van der Waals surface area contributed by atoms with E-state index >= 15 is 0 Å². The van der Waals surface area contributed by atoms with E-state index in [4.69, 9.17) is 0 Å². The smallest absolute Gasteiger partial charge is 0.221 e. The first-order valence-electron chi connectivity index (χ1n) is 5.83. The fourth-order valence-electron chi connectivity index (χ4n) is 2.44. The maximum atomic E-state index is 11.2. The van der Waals surface area contributed by atoms with Crippen molar-refractivity contribution in [3.63, 3.8) is 0 Å². The Kier molecular flexibility index (Phi) is 2.71. The Morgan fingerprint density at radius 1 is 1.17 bits per heavy atom. The van der Waals surface area contributed by atoms with Gasteiger partial charge >= 0.3 is 0 Å². The number of amides is 1. The highest BCUT2D eigenvalue weighted by Crippen LogP contribution is 2.40. The van der Waals surface area contributed by atoms with Crippen molar-refractivity contribution >= 4 is 27.5 Å². The summed E-state index contributed by atoms with van der Waals surface area (Å²) in [6, 6.07) is 12.6. The topological polar surface area (TPSA) is 29.1 Å². The number of halogens is 1.